The van der Waals surface area contributed by atoms with Gasteiger partial charge in [0.1, 0.15) is 0 Å². The summed E-state index contributed by atoms with van der Waals surface area (Å²) in [6.07, 6.45) is 2.65. The van der Waals surface area contributed by atoms with Crippen LogP contribution >= 0.6 is 11.3 Å². The van der Waals surface area contributed by atoms with Crippen molar-refractivity contribution in [1.82, 2.24) is 15.0 Å². The van der Waals surface area contributed by atoms with Crippen molar-refractivity contribution in [3.63, 3.8) is 0 Å². The van der Waals surface area contributed by atoms with Gasteiger partial charge < -0.3 is 10.4 Å². The van der Waals surface area contributed by atoms with Gasteiger partial charge in [-0.1, -0.05) is 0 Å². The van der Waals surface area contributed by atoms with Crippen LogP contribution in [0.2, 0.25) is 0 Å². The van der Waals surface area contributed by atoms with E-state index in [9.17, 15) is 13.2 Å². The van der Waals surface area contributed by atoms with E-state index >= 15 is 0 Å². The number of fused-ring (bicyclic) bond motifs is 1. The zero-order valence-corrected chi connectivity index (χ0v) is 15.3. The summed E-state index contributed by atoms with van der Waals surface area (Å²) in [7, 11) is -3.53. The Morgan fingerprint density at radius 1 is 1.20 bits per heavy atom. The molecule has 0 atom stereocenters. The zero-order chi connectivity index (χ0) is 17.9. The van der Waals surface area contributed by atoms with E-state index in [1.54, 1.807) is 23.7 Å². The lowest BCUT2D eigenvalue weighted by Crippen LogP contribution is -2.34. The molecule has 1 heterocycles. The Kier molecular flexibility index (Phi) is 5.55. The Labute approximate surface area is 150 Å². The molecule has 7 nitrogen and oxygen atoms in total. The Morgan fingerprint density at radius 3 is 2.56 bits per heavy atom. The van der Waals surface area contributed by atoms with E-state index in [4.69, 9.17) is 5.11 Å². The molecular weight excluding hydrogens is 362 g/mol. The number of thiazole rings is 1. The minimum Gasteiger partial charge on any atom is -0.465 e. The SMILES string of the molecule is O=C(O)NCC1CCC(CNS(=O)(=O)c2ccc3ncsc3c2)CC1. The second-order valence-electron chi connectivity index (χ2n) is 6.41. The van der Waals surface area contributed by atoms with Crippen LogP contribution in [0, 0.1) is 11.8 Å². The van der Waals surface area contributed by atoms with Crippen LogP contribution in [0.1, 0.15) is 25.7 Å². The summed E-state index contributed by atoms with van der Waals surface area (Å²) in [6.45, 7) is 0.894. The highest BCUT2D eigenvalue weighted by Crippen LogP contribution is 2.28. The van der Waals surface area contributed by atoms with E-state index in [1.807, 2.05) is 0 Å². The van der Waals surface area contributed by atoms with Gasteiger partial charge in [-0.15, -0.1) is 11.3 Å². The average Bonchev–Trinajstić information content (AvgIpc) is 3.07. The molecule has 9 heteroatoms. The highest BCUT2D eigenvalue weighted by atomic mass is 32.2. The maximum atomic E-state index is 12.5. The summed E-state index contributed by atoms with van der Waals surface area (Å²) in [5.41, 5.74) is 2.50. The Bertz CT molecular complexity index is 842. The van der Waals surface area contributed by atoms with E-state index in [-0.39, 0.29) is 4.90 Å². The van der Waals surface area contributed by atoms with Crippen molar-refractivity contribution in [3.05, 3.63) is 23.7 Å². The van der Waals surface area contributed by atoms with E-state index in [0.717, 1.165) is 35.9 Å². The van der Waals surface area contributed by atoms with Gasteiger partial charge in [-0.25, -0.2) is 22.9 Å². The van der Waals surface area contributed by atoms with Gasteiger partial charge in [0.05, 0.1) is 20.6 Å². The quantitative estimate of drug-likeness (QED) is 0.711. The molecule has 1 aromatic carbocycles. The molecule has 1 aliphatic carbocycles. The summed E-state index contributed by atoms with van der Waals surface area (Å²) in [4.78, 5) is 15.0. The first kappa shape index (κ1) is 18.1. The lowest BCUT2D eigenvalue weighted by atomic mass is 9.82. The maximum Gasteiger partial charge on any atom is 0.404 e. The van der Waals surface area contributed by atoms with Crippen LogP contribution in [-0.4, -0.2) is 37.7 Å². The molecule has 25 heavy (non-hydrogen) atoms. The Balaban J connectivity index is 1.52. The van der Waals surface area contributed by atoms with Gasteiger partial charge in [0.2, 0.25) is 10.0 Å². The Hall–Kier alpha value is -1.71. The maximum absolute atomic E-state index is 12.5. The van der Waals surface area contributed by atoms with Gasteiger partial charge in [0.15, 0.2) is 0 Å². The van der Waals surface area contributed by atoms with Crippen LogP contribution in [0.3, 0.4) is 0 Å². The van der Waals surface area contributed by atoms with Crippen LogP contribution in [-0.2, 0) is 10.0 Å². The molecule has 0 saturated heterocycles. The molecule has 1 saturated carbocycles. The topological polar surface area (TPSA) is 108 Å². The van der Waals surface area contributed by atoms with E-state index < -0.39 is 16.1 Å². The molecule has 1 amide bonds. The molecule has 136 valence electrons. The normalized spacial score (nSPS) is 21.3. The zero-order valence-electron chi connectivity index (χ0n) is 13.6. The third kappa shape index (κ3) is 4.68. The number of hydrogen-bond donors (Lipinski definition) is 3. The summed E-state index contributed by atoms with van der Waals surface area (Å²) in [5.74, 6) is 0.640. The number of carbonyl (C=O) groups is 1. The van der Waals surface area contributed by atoms with Gasteiger partial charge in [0.25, 0.3) is 0 Å². The van der Waals surface area contributed by atoms with Crippen molar-refractivity contribution in [2.24, 2.45) is 11.8 Å². The third-order valence-electron chi connectivity index (χ3n) is 4.68. The number of hydrogen-bond acceptors (Lipinski definition) is 5. The molecular formula is C16H21N3O4S2. The predicted octanol–water partition coefficient (Wildman–Crippen LogP) is 2.65. The van der Waals surface area contributed by atoms with Gasteiger partial charge in [-0.2, -0.15) is 0 Å². The lowest BCUT2D eigenvalue weighted by Gasteiger charge is -2.28. The number of sulfonamides is 1. The van der Waals surface area contributed by atoms with Gasteiger partial charge in [-0.05, 0) is 55.7 Å². The van der Waals surface area contributed by atoms with E-state index in [2.05, 4.69) is 15.0 Å². The van der Waals surface area contributed by atoms with Gasteiger partial charge >= 0.3 is 6.09 Å². The molecule has 0 radical (unpaired) electrons. The van der Waals surface area contributed by atoms with Crippen LogP contribution in [0.15, 0.2) is 28.6 Å². The average molecular weight is 383 g/mol. The van der Waals surface area contributed by atoms with Gasteiger partial charge in [0, 0.05) is 13.1 Å². The highest BCUT2D eigenvalue weighted by molar-refractivity contribution is 7.89. The number of amides is 1. The van der Waals surface area contributed by atoms with Crippen molar-refractivity contribution in [1.29, 1.82) is 0 Å². The first-order valence-electron chi connectivity index (χ1n) is 8.24. The molecule has 0 spiro atoms. The molecule has 1 aliphatic rings. The van der Waals surface area contributed by atoms with Crippen molar-refractivity contribution in [2.75, 3.05) is 13.1 Å². The lowest BCUT2D eigenvalue weighted by molar-refractivity contribution is 0.188. The molecule has 0 bridgehead atoms. The Morgan fingerprint density at radius 2 is 1.88 bits per heavy atom. The summed E-state index contributed by atoms with van der Waals surface area (Å²) >= 11 is 1.42. The van der Waals surface area contributed by atoms with Crippen molar-refractivity contribution < 1.29 is 18.3 Å². The minimum atomic E-state index is -3.53. The van der Waals surface area contributed by atoms with Crippen LogP contribution in [0.5, 0.6) is 0 Å². The monoisotopic (exact) mass is 383 g/mol. The summed E-state index contributed by atoms with van der Waals surface area (Å²) in [5, 5.41) is 11.1. The number of nitrogens with one attached hydrogen (secondary N) is 2. The number of carboxylic acid groups (broad SMARTS) is 1. The molecule has 0 unspecified atom stereocenters. The van der Waals surface area contributed by atoms with Crippen molar-refractivity contribution in [3.8, 4) is 0 Å². The smallest absolute Gasteiger partial charge is 0.404 e. The van der Waals surface area contributed by atoms with Crippen LogP contribution in [0.25, 0.3) is 10.2 Å². The second kappa shape index (κ2) is 7.67. The number of rotatable bonds is 6. The first-order chi connectivity index (χ1) is 11.9. The second-order valence-corrected chi connectivity index (χ2v) is 9.06. The molecule has 0 aliphatic heterocycles. The molecule has 3 rings (SSSR count). The summed E-state index contributed by atoms with van der Waals surface area (Å²) < 4.78 is 28.5. The fourth-order valence-corrected chi connectivity index (χ4v) is 5.12. The standard InChI is InChI=1S/C16H21N3O4S2/c20-16(21)17-8-11-1-3-12(4-2-11)9-19-25(22,23)13-5-6-14-15(7-13)24-10-18-14/h5-7,10-12,17,19H,1-4,8-9H2,(H,20,21). The van der Waals surface area contributed by atoms with Crippen LogP contribution in [0.4, 0.5) is 4.79 Å². The fourth-order valence-electron chi connectivity index (χ4n) is 3.18. The van der Waals surface area contributed by atoms with Crippen LogP contribution < -0.4 is 10.0 Å². The number of benzene rings is 1. The molecule has 1 aromatic heterocycles. The first-order valence-corrected chi connectivity index (χ1v) is 10.6. The van der Waals surface area contributed by atoms with E-state index in [1.165, 1.54) is 11.3 Å². The summed E-state index contributed by atoms with van der Waals surface area (Å²) in [6, 6.07) is 4.96. The third-order valence-corrected chi connectivity index (χ3v) is 6.90. The minimum absolute atomic E-state index is 0.267. The molecule has 1 fully saturated rings. The predicted molar refractivity (Wildman–Crippen MR) is 96.3 cm³/mol. The highest BCUT2D eigenvalue weighted by Gasteiger charge is 2.23. The van der Waals surface area contributed by atoms with Crippen molar-refractivity contribution >= 4 is 37.7 Å². The fraction of sp³-hybridized carbons (Fsp3) is 0.500. The largest absolute Gasteiger partial charge is 0.465 e. The van der Waals surface area contributed by atoms with Crippen molar-refractivity contribution in [2.45, 2.75) is 30.6 Å². The molecule has 3 N–H and O–H groups in total. The van der Waals surface area contributed by atoms with E-state index in [0.29, 0.717) is 24.9 Å². The van der Waals surface area contributed by atoms with Gasteiger partial charge in [-0.3, -0.25) is 0 Å². The number of aromatic nitrogens is 1. The molecule has 2 aromatic rings. The number of nitrogens with zero attached hydrogens (tertiary/aromatic N) is 1.